The molecule has 1 aliphatic heterocycles. The largest absolute Gasteiger partial charge is 0.469 e. The molecule has 2 aromatic heterocycles. The number of methoxy groups -OCH3 is 1. The van der Waals surface area contributed by atoms with E-state index in [1.54, 1.807) is 6.07 Å². The molecule has 0 aromatic carbocycles. The number of nitrogens with zero attached hydrogens (tertiary/aromatic N) is 4. The van der Waals surface area contributed by atoms with Crippen molar-refractivity contribution in [2.24, 2.45) is 5.92 Å². The molecule has 0 bridgehead atoms. The number of H-pyrrole nitrogens is 1. The highest BCUT2D eigenvalue weighted by Gasteiger charge is 2.55. The van der Waals surface area contributed by atoms with E-state index in [2.05, 4.69) is 20.2 Å². The fourth-order valence-electron chi connectivity index (χ4n) is 3.80. The molecule has 26 heavy (non-hydrogen) atoms. The molecule has 0 radical (unpaired) electrons. The van der Waals surface area contributed by atoms with E-state index >= 15 is 0 Å². The van der Waals surface area contributed by atoms with Crippen LogP contribution in [0.3, 0.4) is 0 Å². The van der Waals surface area contributed by atoms with Gasteiger partial charge in [0.15, 0.2) is 5.69 Å². The fourth-order valence-corrected chi connectivity index (χ4v) is 3.80. The number of nitrogens with one attached hydrogen (secondary N) is 1. The summed E-state index contributed by atoms with van der Waals surface area (Å²) in [4.78, 5) is 35.0. The van der Waals surface area contributed by atoms with Gasteiger partial charge in [-0.15, -0.1) is 0 Å². The highest BCUT2D eigenvalue weighted by molar-refractivity contribution is 5.94. The quantitative estimate of drug-likeness (QED) is 0.842. The average Bonchev–Trinajstić information content (AvgIpc) is 3.22. The van der Waals surface area contributed by atoms with Gasteiger partial charge in [0.2, 0.25) is 0 Å². The molecule has 4 rings (SSSR count). The summed E-state index contributed by atoms with van der Waals surface area (Å²) in [5, 5.41) is 7.08. The van der Waals surface area contributed by atoms with Gasteiger partial charge >= 0.3 is 5.97 Å². The number of likely N-dealkylation sites (tertiary alicyclic amines) is 1. The maximum absolute atomic E-state index is 13.0. The van der Waals surface area contributed by atoms with E-state index in [9.17, 15) is 9.59 Å². The summed E-state index contributed by atoms with van der Waals surface area (Å²) in [6, 6.07) is 3.57. The maximum atomic E-state index is 13.0. The number of ether oxygens (including phenoxy) is 1. The van der Waals surface area contributed by atoms with Crippen molar-refractivity contribution in [2.45, 2.75) is 38.1 Å². The topological polar surface area (TPSA) is 101 Å². The number of esters is 1. The van der Waals surface area contributed by atoms with Gasteiger partial charge in [-0.2, -0.15) is 5.10 Å². The number of aromatic amines is 1. The van der Waals surface area contributed by atoms with Gasteiger partial charge in [0, 0.05) is 17.8 Å². The molecule has 3 heterocycles. The lowest BCUT2D eigenvalue weighted by Gasteiger charge is -2.38. The van der Waals surface area contributed by atoms with Crippen LogP contribution in [-0.4, -0.2) is 56.1 Å². The van der Waals surface area contributed by atoms with Crippen LogP contribution in [0.5, 0.6) is 0 Å². The van der Waals surface area contributed by atoms with Gasteiger partial charge in [-0.05, 0) is 44.7 Å². The third-order valence-electron chi connectivity index (χ3n) is 5.38. The molecule has 1 spiro atoms. The number of carbonyl (C=O) groups excluding carboxylic acids is 2. The molecule has 1 amide bonds. The number of rotatable bonds is 3. The number of amides is 1. The smallest absolute Gasteiger partial charge is 0.308 e. The molecule has 0 unspecified atom stereocenters. The molecular weight excluding hydrogens is 334 g/mol. The first-order valence-corrected chi connectivity index (χ1v) is 8.77. The second-order valence-electron chi connectivity index (χ2n) is 7.11. The Kier molecular flexibility index (Phi) is 3.97. The van der Waals surface area contributed by atoms with E-state index in [-0.39, 0.29) is 23.3 Å². The molecule has 1 aliphatic carbocycles. The van der Waals surface area contributed by atoms with Crippen LogP contribution in [0.2, 0.25) is 0 Å². The summed E-state index contributed by atoms with van der Waals surface area (Å²) >= 11 is 0. The van der Waals surface area contributed by atoms with Gasteiger partial charge in [0.25, 0.3) is 5.91 Å². The molecule has 1 saturated carbocycles. The number of piperidine rings is 1. The summed E-state index contributed by atoms with van der Waals surface area (Å²) in [5.74, 6) is -0.394. The first-order valence-electron chi connectivity index (χ1n) is 8.77. The lowest BCUT2D eigenvalue weighted by molar-refractivity contribution is -0.147. The van der Waals surface area contributed by atoms with Crippen molar-refractivity contribution in [3.63, 3.8) is 0 Å². The van der Waals surface area contributed by atoms with E-state index < -0.39 is 0 Å². The van der Waals surface area contributed by atoms with Crippen LogP contribution in [0.25, 0.3) is 11.4 Å². The number of hydrogen-bond acceptors (Lipinski definition) is 6. The van der Waals surface area contributed by atoms with E-state index in [0.29, 0.717) is 36.5 Å². The van der Waals surface area contributed by atoms with E-state index in [1.807, 2.05) is 17.9 Å². The highest BCUT2D eigenvalue weighted by Crippen LogP contribution is 2.50. The van der Waals surface area contributed by atoms with Gasteiger partial charge in [0.1, 0.15) is 6.33 Å². The molecular formula is C18H21N5O3. The Bertz CT molecular complexity index is 858. The first kappa shape index (κ1) is 16.7. The van der Waals surface area contributed by atoms with Crippen molar-refractivity contribution >= 4 is 11.9 Å². The minimum absolute atomic E-state index is 0.0981. The Morgan fingerprint density at radius 3 is 2.81 bits per heavy atom. The molecule has 1 saturated heterocycles. The Hall–Kier alpha value is -2.77. The minimum atomic E-state index is -0.210. The minimum Gasteiger partial charge on any atom is -0.469 e. The van der Waals surface area contributed by atoms with Crippen molar-refractivity contribution in [3.05, 3.63) is 29.8 Å². The predicted molar refractivity (Wildman–Crippen MR) is 92.1 cm³/mol. The van der Waals surface area contributed by atoms with E-state index in [1.165, 1.54) is 13.4 Å². The van der Waals surface area contributed by atoms with Crippen LogP contribution in [0.1, 0.15) is 41.9 Å². The van der Waals surface area contributed by atoms with Crippen molar-refractivity contribution in [1.29, 1.82) is 0 Å². The zero-order valence-electron chi connectivity index (χ0n) is 14.9. The summed E-state index contributed by atoms with van der Waals surface area (Å²) in [6.45, 7) is 2.43. The lowest BCUT2D eigenvalue weighted by atomic mass is 9.88. The van der Waals surface area contributed by atoms with Crippen LogP contribution in [0, 0.1) is 12.8 Å². The third kappa shape index (κ3) is 2.85. The number of aryl methyl sites for hydroxylation is 1. The average molecular weight is 355 g/mol. The highest BCUT2D eigenvalue weighted by atomic mass is 16.5. The Balaban J connectivity index is 1.53. The number of aromatic nitrogens is 4. The van der Waals surface area contributed by atoms with Crippen LogP contribution in [-0.2, 0) is 9.53 Å². The summed E-state index contributed by atoms with van der Waals surface area (Å²) in [5.41, 5.74) is 2.40. The van der Waals surface area contributed by atoms with Crippen molar-refractivity contribution in [3.8, 4) is 11.4 Å². The lowest BCUT2D eigenvalue weighted by Crippen LogP contribution is -2.49. The van der Waals surface area contributed by atoms with Crippen molar-refractivity contribution in [2.75, 3.05) is 13.7 Å². The zero-order valence-corrected chi connectivity index (χ0v) is 14.9. The summed E-state index contributed by atoms with van der Waals surface area (Å²) in [7, 11) is 1.42. The van der Waals surface area contributed by atoms with Crippen LogP contribution >= 0.6 is 0 Å². The molecule has 2 fully saturated rings. The molecule has 1 atom stereocenters. The standard InChI is InChI=1S/C18H21N5O3/c1-11-7-13(20-10-19-11)14-8-15(22-21-14)16(24)23-6-3-12(17(25)26-2)9-18(23)4-5-18/h7-8,10,12H,3-6,9H2,1-2H3,(H,21,22)/t12-/m1/s1. The van der Waals surface area contributed by atoms with Crippen LogP contribution in [0.4, 0.5) is 0 Å². The summed E-state index contributed by atoms with van der Waals surface area (Å²) in [6.07, 6.45) is 4.64. The third-order valence-corrected chi connectivity index (χ3v) is 5.38. The molecule has 2 aromatic rings. The Labute approximate surface area is 151 Å². The van der Waals surface area contributed by atoms with E-state index in [0.717, 1.165) is 18.5 Å². The van der Waals surface area contributed by atoms with Gasteiger partial charge in [-0.3, -0.25) is 14.7 Å². The van der Waals surface area contributed by atoms with Gasteiger partial charge in [-0.25, -0.2) is 9.97 Å². The van der Waals surface area contributed by atoms with Gasteiger partial charge in [0.05, 0.1) is 24.4 Å². The molecule has 136 valence electrons. The number of hydrogen-bond donors (Lipinski definition) is 1. The zero-order chi connectivity index (χ0) is 18.3. The molecule has 8 heteroatoms. The van der Waals surface area contributed by atoms with Gasteiger partial charge < -0.3 is 9.64 Å². The molecule has 2 aliphatic rings. The van der Waals surface area contributed by atoms with Gasteiger partial charge in [-0.1, -0.05) is 0 Å². The molecule has 1 N–H and O–H groups in total. The Morgan fingerprint density at radius 2 is 2.12 bits per heavy atom. The number of carbonyl (C=O) groups is 2. The monoisotopic (exact) mass is 355 g/mol. The van der Waals surface area contributed by atoms with Crippen LogP contribution in [0.15, 0.2) is 18.5 Å². The normalized spacial score (nSPS) is 20.8. The summed E-state index contributed by atoms with van der Waals surface area (Å²) < 4.78 is 4.88. The van der Waals surface area contributed by atoms with Crippen LogP contribution < -0.4 is 0 Å². The SMILES string of the molecule is COC(=O)[C@@H]1CCN(C(=O)c2cc(-c3cc(C)ncn3)[nH]n2)C2(CC2)C1. The van der Waals surface area contributed by atoms with Crippen molar-refractivity contribution < 1.29 is 14.3 Å². The fraction of sp³-hybridized carbons (Fsp3) is 0.500. The van der Waals surface area contributed by atoms with Crippen molar-refractivity contribution in [1.82, 2.24) is 25.1 Å². The maximum Gasteiger partial charge on any atom is 0.308 e. The van der Waals surface area contributed by atoms with E-state index in [4.69, 9.17) is 4.74 Å². The Morgan fingerprint density at radius 1 is 1.31 bits per heavy atom. The second kappa shape index (κ2) is 6.19. The predicted octanol–water partition coefficient (Wildman–Crippen LogP) is 1.73. The first-order chi connectivity index (χ1) is 12.5. The molecule has 8 nitrogen and oxygen atoms in total. The second-order valence-corrected chi connectivity index (χ2v) is 7.11.